The number of nitrogens with zero attached hydrogens (tertiary/aromatic N) is 1. The number of nitro groups is 1. The molecule has 8 nitrogen and oxygen atoms in total. The van der Waals surface area contributed by atoms with Crippen molar-refractivity contribution >= 4 is 28.5 Å². The third-order valence-corrected chi connectivity index (χ3v) is 4.46. The van der Waals surface area contributed by atoms with Gasteiger partial charge in [0.05, 0.1) is 17.3 Å². The number of H-pyrrole nitrogens is 1. The van der Waals surface area contributed by atoms with Crippen molar-refractivity contribution in [1.82, 2.24) is 10.3 Å². The van der Waals surface area contributed by atoms with Crippen LogP contribution in [-0.2, 0) is 16.0 Å². The molecule has 0 bridgehead atoms. The molecule has 1 amide bonds. The molecule has 0 aliphatic heterocycles. The number of hydrogen-bond acceptors (Lipinski definition) is 4. The van der Waals surface area contributed by atoms with E-state index in [2.05, 4.69) is 10.3 Å². The zero-order valence-corrected chi connectivity index (χ0v) is 12.8. The molecule has 1 saturated carbocycles. The van der Waals surface area contributed by atoms with Gasteiger partial charge in [-0.15, -0.1) is 0 Å². The van der Waals surface area contributed by atoms with Crippen molar-refractivity contribution in [1.29, 1.82) is 0 Å². The van der Waals surface area contributed by atoms with Gasteiger partial charge < -0.3 is 15.4 Å². The molecule has 1 aliphatic carbocycles. The predicted octanol–water partition coefficient (Wildman–Crippen LogP) is 1.99. The molecule has 0 saturated heterocycles. The molecule has 1 aliphatic rings. The molecule has 8 heteroatoms. The summed E-state index contributed by atoms with van der Waals surface area (Å²) < 4.78 is 0. The van der Waals surface area contributed by atoms with E-state index in [1.807, 2.05) is 0 Å². The normalized spacial score (nSPS) is 20.2. The number of amides is 1. The lowest BCUT2D eigenvalue weighted by Gasteiger charge is -2.12. The smallest absolute Gasteiger partial charge is 0.306 e. The highest BCUT2D eigenvalue weighted by Crippen LogP contribution is 2.26. The largest absolute Gasteiger partial charge is 0.481 e. The van der Waals surface area contributed by atoms with E-state index >= 15 is 0 Å². The van der Waals surface area contributed by atoms with Crippen LogP contribution in [0.5, 0.6) is 0 Å². The predicted molar refractivity (Wildman–Crippen MR) is 85.6 cm³/mol. The number of benzene rings is 1. The third kappa shape index (κ3) is 3.22. The van der Waals surface area contributed by atoms with E-state index in [0.29, 0.717) is 30.2 Å². The minimum Gasteiger partial charge on any atom is -0.481 e. The van der Waals surface area contributed by atoms with Crippen LogP contribution in [0.1, 0.15) is 24.8 Å². The number of fused-ring (bicyclic) bond motifs is 1. The Morgan fingerprint density at radius 1 is 1.38 bits per heavy atom. The third-order valence-electron chi connectivity index (χ3n) is 4.46. The first kappa shape index (κ1) is 16.0. The number of hydrogen-bond donors (Lipinski definition) is 3. The van der Waals surface area contributed by atoms with Crippen LogP contribution < -0.4 is 5.32 Å². The quantitative estimate of drug-likeness (QED) is 0.570. The van der Waals surface area contributed by atoms with Crippen LogP contribution in [-0.4, -0.2) is 32.9 Å². The Morgan fingerprint density at radius 3 is 2.83 bits per heavy atom. The second kappa shape index (κ2) is 6.31. The Morgan fingerprint density at radius 2 is 2.17 bits per heavy atom. The van der Waals surface area contributed by atoms with E-state index in [1.54, 1.807) is 12.3 Å². The van der Waals surface area contributed by atoms with Gasteiger partial charge in [0.25, 0.3) is 5.69 Å². The number of aromatic nitrogens is 1. The van der Waals surface area contributed by atoms with Gasteiger partial charge in [-0.1, -0.05) is 0 Å². The average molecular weight is 331 g/mol. The summed E-state index contributed by atoms with van der Waals surface area (Å²) in [7, 11) is 0. The second-order valence-corrected chi connectivity index (χ2v) is 6.09. The minimum absolute atomic E-state index is 0.0242. The summed E-state index contributed by atoms with van der Waals surface area (Å²) in [6.07, 6.45) is 3.43. The number of carboxylic acids is 1. The molecular weight excluding hydrogens is 314 g/mol. The summed E-state index contributed by atoms with van der Waals surface area (Å²) in [4.78, 5) is 36.6. The van der Waals surface area contributed by atoms with Crippen LogP contribution in [0.4, 0.5) is 5.69 Å². The molecule has 2 aromatic rings. The lowest BCUT2D eigenvalue weighted by Crippen LogP contribution is -2.34. The average Bonchev–Trinajstić information content (AvgIpc) is 3.14. The van der Waals surface area contributed by atoms with Gasteiger partial charge in [0.2, 0.25) is 5.91 Å². The van der Waals surface area contributed by atoms with Crippen molar-refractivity contribution in [3.05, 3.63) is 40.1 Å². The van der Waals surface area contributed by atoms with E-state index in [4.69, 9.17) is 5.11 Å². The monoisotopic (exact) mass is 331 g/mol. The van der Waals surface area contributed by atoms with Gasteiger partial charge in [-0.25, -0.2) is 0 Å². The Hall–Kier alpha value is -2.90. The lowest BCUT2D eigenvalue weighted by molar-refractivity contribution is -0.384. The number of non-ortho nitro benzene ring substituents is 1. The maximum absolute atomic E-state index is 12.2. The number of carbonyl (C=O) groups is 2. The first-order valence-corrected chi connectivity index (χ1v) is 7.70. The zero-order chi connectivity index (χ0) is 17.3. The molecule has 1 aromatic heterocycles. The van der Waals surface area contributed by atoms with Crippen LogP contribution >= 0.6 is 0 Å². The lowest BCUT2D eigenvalue weighted by atomic mass is 10.1. The van der Waals surface area contributed by atoms with E-state index in [9.17, 15) is 19.7 Å². The highest BCUT2D eigenvalue weighted by atomic mass is 16.6. The minimum atomic E-state index is -0.823. The van der Waals surface area contributed by atoms with Crippen LogP contribution in [0.2, 0.25) is 0 Å². The van der Waals surface area contributed by atoms with Gasteiger partial charge in [-0.05, 0) is 30.9 Å². The fraction of sp³-hybridized carbons (Fsp3) is 0.375. The summed E-state index contributed by atoms with van der Waals surface area (Å²) >= 11 is 0. The number of aliphatic carboxylic acids is 1. The van der Waals surface area contributed by atoms with Gasteiger partial charge in [0.15, 0.2) is 0 Å². The Kier molecular flexibility index (Phi) is 4.20. The van der Waals surface area contributed by atoms with Crippen LogP contribution in [0.15, 0.2) is 24.4 Å². The molecule has 1 aromatic carbocycles. The van der Waals surface area contributed by atoms with E-state index < -0.39 is 16.8 Å². The van der Waals surface area contributed by atoms with Crippen LogP contribution in [0, 0.1) is 16.0 Å². The number of nitro benzene ring substituents is 1. The SMILES string of the molecule is O=C(Cc1c[nH]c2ccc([N+](=O)[O-])cc12)N[C@H]1CC[C@@H](C(=O)O)C1. The molecule has 3 rings (SSSR count). The molecule has 0 spiro atoms. The van der Waals surface area contributed by atoms with Crippen molar-refractivity contribution in [2.75, 3.05) is 0 Å². The Bertz CT molecular complexity index is 813. The standard InChI is InChI=1S/C16H17N3O5/c20-15(18-11-2-1-9(5-11)16(21)22)6-10-8-17-14-4-3-12(19(23)24)7-13(10)14/h3-4,7-9,11,17H,1-2,5-6H2,(H,18,20)(H,21,22)/t9-,11+/m1/s1. The molecule has 2 atom stereocenters. The number of nitrogens with one attached hydrogen (secondary N) is 2. The molecule has 126 valence electrons. The molecule has 0 unspecified atom stereocenters. The highest BCUT2D eigenvalue weighted by Gasteiger charge is 2.30. The molecule has 3 N–H and O–H groups in total. The topological polar surface area (TPSA) is 125 Å². The maximum atomic E-state index is 12.2. The second-order valence-electron chi connectivity index (χ2n) is 6.09. The van der Waals surface area contributed by atoms with Crippen molar-refractivity contribution < 1.29 is 19.6 Å². The zero-order valence-electron chi connectivity index (χ0n) is 12.8. The fourth-order valence-corrected chi connectivity index (χ4v) is 3.21. The summed E-state index contributed by atoms with van der Waals surface area (Å²) in [6, 6.07) is 4.35. The summed E-state index contributed by atoms with van der Waals surface area (Å²) in [6.45, 7) is 0. The molecular formula is C16H17N3O5. The van der Waals surface area contributed by atoms with Gasteiger partial charge >= 0.3 is 5.97 Å². The highest BCUT2D eigenvalue weighted by molar-refractivity contribution is 5.90. The van der Waals surface area contributed by atoms with Crippen molar-refractivity contribution in [3.8, 4) is 0 Å². The van der Waals surface area contributed by atoms with E-state index in [1.165, 1.54) is 12.1 Å². The summed E-state index contributed by atoms with van der Waals surface area (Å²) in [5.74, 6) is -1.43. The number of aromatic amines is 1. The van der Waals surface area contributed by atoms with Crippen LogP contribution in [0.3, 0.4) is 0 Å². The molecule has 0 radical (unpaired) electrons. The molecule has 24 heavy (non-hydrogen) atoms. The van der Waals surface area contributed by atoms with E-state index in [0.717, 1.165) is 5.52 Å². The Balaban J connectivity index is 1.68. The fourth-order valence-electron chi connectivity index (χ4n) is 3.21. The van der Waals surface area contributed by atoms with Gasteiger partial charge in [-0.2, -0.15) is 0 Å². The molecule has 1 heterocycles. The summed E-state index contributed by atoms with van der Waals surface area (Å²) in [5.41, 5.74) is 1.39. The van der Waals surface area contributed by atoms with Crippen molar-refractivity contribution in [3.63, 3.8) is 0 Å². The molecule has 1 fully saturated rings. The maximum Gasteiger partial charge on any atom is 0.306 e. The van der Waals surface area contributed by atoms with Crippen molar-refractivity contribution in [2.45, 2.75) is 31.7 Å². The Labute approximate surface area is 137 Å². The number of carboxylic acid groups (broad SMARTS) is 1. The first-order chi connectivity index (χ1) is 11.4. The van der Waals surface area contributed by atoms with E-state index in [-0.39, 0.29) is 24.1 Å². The van der Waals surface area contributed by atoms with Gasteiger partial charge in [0, 0.05) is 35.3 Å². The van der Waals surface area contributed by atoms with Gasteiger partial charge in [0.1, 0.15) is 0 Å². The number of carbonyl (C=O) groups excluding carboxylic acids is 1. The number of rotatable bonds is 5. The van der Waals surface area contributed by atoms with Crippen LogP contribution in [0.25, 0.3) is 10.9 Å². The van der Waals surface area contributed by atoms with Gasteiger partial charge in [-0.3, -0.25) is 19.7 Å². The van der Waals surface area contributed by atoms with Crippen molar-refractivity contribution in [2.24, 2.45) is 5.92 Å². The first-order valence-electron chi connectivity index (χ1n) is 7.70. The summed E-state index contributed by atoms with van der Waals surface area (Å²) in [5, 5.41) is 23.4.